The SMILES string of the molecule is N[C@@H](CC(=O)O)C(=O)C(=O)C=Cc1ccco1. The highest BCUT2D eigenvalue weighted by molar-refractivity contribution is 6.44. The molecule has 6 nitrogen and oxygen atoms in total. The molecular weight excluding hydrogens is 226 g/mol. The molecule has 17 heavy (non-hydrogen) atoms. The summed E-state index contributed by atoms with van der Waals surface area (Å²) in [6.45, 7) is 0. The number of carbonyl (C=O) groups excluding carboxylic acids is 2. The molecule has 3 N–H and O–H groups in total. The van der Waals surface area contributed by atoms with Gasteiger partial charge in [0.15, 0.2) is 0 Å². The summed E-state index contributed by atoms with van der Waals surface area (Å²) in [4.78, 5) is 32.9. The summed E-state index contributed by atoms with van der Waals surface area (Å²) in [7, 11) is 0. The van der Waals surface area contributed by atoms with Crippen molar-refractivity contribution in [2.75, 3.05) is 0 Å². The van der Waals surface area contributed by atoms with Crippen molar-refractivity contribution in [1.29, 1.82) is 0 Å². The predicted molar refractivity (Wildman–Crippen MR) is 58.0 cm³/mol. The van der Waals surface area contributed by atoms with Gasteiger partial charge >= 0.3 is 5.97 Å². The van der Waals surface area contributed by atoms with Gasteiger partial charge in [0.25, 0.3) is 0 Å². The third-order valence-corrected chi connectivity index (χ3v) is 1.92. The lowest BCUT2D eigenvalue weighted by Crippen LogP contribution is -2.37. The Morgan fingerprint density at radius 3 is 2.71 bits per heavy atom. The zero-order chi connectivity index (χ0) is 12.8. The van der Waals surface area contributed by atoms with E-state index in [4.69, 9.17) is 15.3 Å². The number of aliphatic carboxylic acids is 1. The van der Waals surface area contributed by atoms with Crippen molar-refractivity contribution < 1.29 is 23.9 Å². The Kier molecular flexibility index (Phi) is 4.36. The molecule has 0 bridgehead atoms. The van der Waals surface area contributed by atoms with Gasteiger partial charge in [0.05, 0.1) is 18.7 Å². The van der Waals surface area contributed by atoms with E-state index < -0.39 is 30.0 Å². The van der Waals surface area contributed by atoms with Gasteiger partial charge in [0.1, 0.15) is 5.76 Å². The third kappa shape index (κ3) is 4.04. The lowest BCUT2D eigenvalue weighted by molar-refractivity contribution is -0.140. The van der Waals surface area contributed by atoms with Crippen LogP contribution in [0.2, 0.25) is 0 Å². The number of rotatable bonds is 6. The summed E-state index contributed by atoms with van der Waals surface area (Å²) in [5, 5.41) is 8.42. The maximum atomic E-state index is 11.3. The summed E-state index contributed by atoms with van der Waals surface area (Å²) in [5.41, 5.74) is 5.26. The van der Waals surface area contributed by atoms with E-state index in [2.05, 4.69) is 0 Å². The van der Waals surface area contributed by atoms with Crippen LogP contribution in [0.25, 0.3) is 6.08 Å². The first-order chi connectivity index (χ1) is 8.00. The number of Topliss-reactive ketones (excluding diaryl/α,β-unsaturated/α-hetero) is 1. The molecule has 1 aromatic rings. The second-order valence-corrected chi connectivity index (χ2v) is 3.28. The molecule has 1 rings (SSSR count). The van der Waals surface area contributed by atoms with Crippen LogP contribution in [-0.2, 0) is 14.4 Å². The number of ketones is 2. The van der Waals surface area contributed by atoms with Crippen LogP contribution < -0.4 is 5.73 Å². The minimum atomic E-state index is -1.32. The summed E-state index contributed by atoms with van der Waals surface area (Å²) in [6.07, 6.45) is 3.16. The fourth-order valence-electron chi connectivity index (χ4n) is 1.09. The molecule has 0 fully saturated rings. The molecule has 0 aromatic carbocycles. The lowest BCUT2D eigenvalue weighted by Gasteiger charge is -2.03. The third-order valence-electron chi connectivity index (χ3n) is 1.92. The second-order valence-electron chi connectivity index (χ2n) is 3.28. The van der Waals surface area contributed by atoms with E-state index in [9.17, 15) is 14.4 Å². The molecule has 0 saturated heterocycles. The second kappa shape index (κ2) is 5.76. The van der Waals surface area contributed by atoms with Gasteiger partial charge in [-0.25, -0.2) is 0 Å². The number of hydrogen-bond acceptors (Lipinski definition) is 5. The van der Waals surface area contributed by atoms with Crippen LogP contribution in [0.1, 0.15) is 12.2 Å². The molecule has 90 valence electrons. The van der Waals surface area contributed by atoms with Gasteiger partial charge in [-0.1, -0.05) is 0 Å². The van der Waals surface area contributed by atoms with Crippen molar-refractivity contribution in [3.05, 3.63) is 30.2 Å². The van der Waals surface area contributed by atoms with E-state index in [1.165, 1.54) is 12.3 Å². The summed E-state index contributed by atoms with van der Waals surface area (Å²) < 4.78 is 4.91. The normalized spacial score (nSPS) is 12.5. The first kappa shape index (κ1) is 12.9. The van der Waals surface area contributed by atoms with Gasteiger partial charge in [0, 0.05) is 0 Å². The van der Waals surface area contributed by atoms with Gasteiger partial charge in [-0.15, -0.1) is 0 Å². The molecule has 1 atom stereocenters. The van der Waals surface area contributed by atoms with E-state index in [1.807, 2.05) is 0 Å². The van der Waals surface area contributed by atoms with Crippen LogP contribution in [-0.4, -0.2) is 28.7 Å². The molecule has 0 radical (unpaired) electrons. The number of carboxylic acids is 1. The van der Waals surface area contributed by atoms with E-state index in [0.717, 1.165) is 6.08 Å². The van der Waals surface area contributed by atoms with E-state index in [-0.39, 0.29) is 0 Å². The van der Waals surface area contributed by atoms with E-state index >= 15 is 0 Å². The molecular formula is C11H11NO5. The minimum absolute atomic E-state index is 0.415. The first-order valence-electron chi connectivity index (χ1n) is 4.78. The molecule has 0 aliphatic heterocycles. The van der Waals surface area contributed by atoms with Crippen LogP contribution >= 0.6 is 0 Å². The average Bonchev–Trinajstić information content (AvgIpc) is 2.76. The smallest absolute Gasteiger partial charge is 0.305 e. The molecule has 1 aromatic heterocycles. The fourth-order valence-corrected chi connectivity index (χ4v) is 1.09. The summed E-state index contributed by atoms with van der Waals surface area (Å²) >= 11 is 0. The number of nitrogens with two attached hydrogens (primary N) is 1. The minimum Gasteiger partial charge on any atom is -0.481 e. The average molecular weight is 237 g/mol. The zero-order valence-electron chi connectivity index (χ0n) is 8.83. The number of allylic oxidation sites excluding steroid dienone is 1. The van der Waals surface area contributed by atoms with Gasteiger partial charge in [0.2, 0.25) is 11.6 Å². The fraction of sp³-hybridized carbons (Fsp3) is 0.182. The highest BCUT2D eigenvalue weighted by Gasteiger charge is 2.21. The molecule has 1 heterocycles. The number of hydrogen-bond donors (Lipinski definition) is 2. The predicted octanol–water partition coefficient (Wildman–Crippen LogP) is 0.233. The molecule has 0 aliphatic carbocycles. The molecule has 0 unspecified atom stereocenters. The van der Waals surface area contributed by atoms with Crippen molar-refractivity contribution in [2.45, 2.75) is 12.5 Å². The highest BCUT2D eigenvalue weighted by Crippen LogP contribution is 2.03. The highest BCUT2D eigenvalue weighted by atomic mass is 16.4. The largest absolute Gasteiger partial charge is 0.481 e. The van der Waals surface area contributed by atoms with Crippen molar-refractivity contribution in [1.82, 2.24) is 0 Å². The first-order valence-corrected chi connectivity index (χ1v) is 4.78. The maximum Gasteiger partial charge on any atom is 0.305 e. The van der Waals surface area contributed by atoms with Crippen molar-refractivity contribution in [3.63, 3.8) is 0 Å². The van der Waals surface area contributed by atoms with Crippen LogP contribution in [0, 0.1) is 0 Å². The summed E-state index contributed by atoms with van der Waals surface area (Å²) in [5.74, 6) is -2.60. The zero-order valence-corrected chi connectivity index (χ0v) is 8.83. The maximum absolute atomic E-state index is 11.3. The van der Waals surface area contributed by atoms with Crippen LogP contribution in [0.3, 0.4) is 0 Å². The molecule has 6 heteroatoms. The number of furan rings is 1. The van der Waals surface area contributed by atoms with E-state index in [0.29, 0.717) is 5.76 Å². The standard InChI is InChI=1S/C11H11NO5/c12-8(6-10(14)15)11(16)9(13)4-3-7-2-1-5-17-7/h1-5,8H,6,12H2,(H,14,15)/t8-/m0/s1. The Balaban J connectivity index is 2.58. The molecule has 0 aliphatic rings. The summed E-state index contributed by atoms with van der Waals surface area (Å²) in [6, 6.07) is 1.91. The van der Waals surface area contributed by atoms with Crippen LogP contribution in [0.5, 0.6) is 0 Å². The van der Waals surface area contributed by atoms with Crippen molar-refractivity contribution >= 4 is 23.6 Å². The Morgan fingerprint density at radius 1 is 1.47 bits per heavy atom. The Bertz CT molecular complexity index is 446. The monoisotopic (exact) mass is 237 g/mol. The Morgan fingerprint density at radius 2 is 2.18 bits per heavy atom. The topological polar surface area (TPSA) is 111 Å². The number of carboxylic acid groups (broad SMARTS) is 1. The van der Waals surface area contributed by atoms with Crippen LogP contribution in [0.4, 0.5) is 0 Å². The lowest BCUT2D eigenvalue weighted by atomic mass is 10.1. The van der Waals surface area contributed by atoms with Crippen molar-refractivity contribution in [3.8, 4) is 0 Å². The Labute approximate surface area is 96.7 Å². The van der Waals surface area contributed by atoms with E-state index in [1.54, 1.807) is 12.1 Å². The number of carbonyl (C=O) groups is 3. The van der Waals surface area contributed by atoms with Gasteiger partial charge in [-0.2, -0.15) is 0 Å². The molecule has 0 spiro atoms. The van der Waals surface area contributed by atoms with Gasteiger partial charge < -0.3 is 15.3 Å². The molecule has 0 saturated carbocycles. The van der Waals surface area contributed by atoms with Gasteiger partial charge in [-0.05, 0) is 24.3 Å². The quantitative estimate of drug-likeness (QED) is 0.541. The van der Waals surface area contributed by atoms with Crippen LogP contribution in [0.15, 0.2) is 28.9 Å². The molecule has 0 amide bonds. The van der Waals surface area contributed by atoms with Crippen molar-refractivity contribution in [2.24, 2.45) is 5.73 Å². The Hall–Kier alpha value is -2.21. The van der Waals surface area contributed by atoms with Gasteiger partial charge in [-0.3, -0.25) is 14.4 Å².